The van der Waals surface area contributed by atoms with Gasteiger partial charge in [0, 0.05) is 12.6 Å². The van der Waals surface area contributed by atoms with Gasteiger partial charge in [0.25, 0.3) is 0 Å². The van der Waals surface area contributed by atoms with Gasteiger partial charge in [0.2, 0.25) is 11.8 Å². The Morgan fingerprint density at radius 3 is 2.50 bits per heavy atom. The van der Waals surface area contributed by atoms with Gasteiger partial charge < -0.3 is 15.5 Å². The van der Waals surface area contributed by atoms with Crippen molar-refractivity contribution in [2.45, 2.75) is 64.6 Å². The molecule has 2 amide bonds. The SMILES string of the molecule is CC(C)(C)C(Nc1ccccc1F)C(=O)N1CCC[C@H]1C(=O)NC1CC1. The minimum absolute atomic E-state index is 0.0584. The van der Waals surface area contributed by atoms with Crippen molar-refractivity contribution in [3.05, 3.63) is 30.1 Å². The number of likely N-dealkylation sites (tertiary alicyclic amines) is 1. The van der Waals surface area contributed by atoms with E-state index in [-0.39, 0.29) is 23.7 Å². The lowest BCUT2D eigenvalue weighted by atomic mass is 9.85. The topological polar surface area (TPSA) is 61.4 Å². The number of rotatable bonds is 5. The molecule has 0 radical (unpaired) electrons. The van der Waals surface area contributed by atoms with Crippen LogP contribution in [0.5, 0.6) is 0 Å². The molecule has 3 rings (SSSR count). The normalized spacial score (nSPS) is 21.4. The molecular weight excluding hydrogens is 333 g/mol. The highest BCUT2D eigenvalue weighted by molar-refractivity contribution is 5.92. The summed E-state index contributed by atoms with van der Waals surface area (Å²) < 4.78 is 14.1. The first-order chi connectivity index (χ1) is 12.3. The molecular formula is C20H28FN3O2. The van der Waals surface area contributed by atoms with Gasteiger partial charge in [0.1, 0.15) is 17.9 Å². The Kier molecular flexibility index (Phi) is 5.21. The number of hydrogen-bond acceptors (Lipinski definition) is 3. The van der Waals surface area contributed by atoms with Gasteiger partial charge in [-0.3, -0.25) is 9.59 Å². The molecule has 26 heavy (non-hydrogen) atoms. The maximum atomic E-state index is 14.1. The number of para-hydroxylation sites is 1. The first-order valence-corrected chi connectivity index (χ1v) is 9.39. The third kappa shape index (κ3) is 4.17. The summed E-state index contributed by atoms with van der Waals surface area (Å²) in [7, 11) is 0. The molecule has 0 spiro atoms. The number of carbonyl (C=O) groups excluding carboxylic acids is 2. The van der Waals surface area contributed by atoms with Crippen LogP contribution in [0.25, 0.3) is 0 Å². The van der Waals surface area contributed by atoms with E-state index in [1.54, 1.807) is 23.1 Å². The Balaban J connectivity index is 1.78. The van der Waals surface area contributed by atoms with Crippen LogP contribution in [0.1, 0.15) is 46.5 Å². The molecule has 1 aliphatic heterocycles. The highest BCUT2D eigenvalue weighted by Gasteiger charge is 2.42. The number of carbonyl (C=O) groups is 2. The van der Waals surface area contributed by atoms with Crippen LogP contribution in [-0.4, -0.2) is 41.4 Å². The predicted molar refractivity (Wildman–Crippen MR) is 99.2 cm³/mol. The Morgan fingerprint density at radius 2 is 1.88 bits per heavy atom. The lowest BCUT2D eigenvalue weighted by Gasteiger charge is -2.36. The van der Waals surface area contributed by atoms with E-state index in [0.29, 0.717) is 18.7 Å². The van der Waals surface area contributed by atoms with Crippen molar-refractivity contribution in [3.63, 3.8) is 0 Å². The zero-order chi connectivity index (χ0) is 18.9. The van der Waals surface area contributed by atoms with Crippen LogP contribution in [0.3, 0.4) is 0 Å². The molecule has 0 bridgehead atoms. The summed E-state index contributed by atoms with van der Waals surface area (Å²) in [6.07, 6.45) is 3.53. The van der Waals surface area contributed by atoms with Gasteiger partial charge in [-0.15, -0.1) is 0 Å². The van der Waals surface area contributed by atoms with Crippen molar-refractivity contribution < 1.29 is 14.0 Å². The first kappa shape index (κ1) is 18.7. The fourth-order valence-electron chi connectivity index (χ4n) is 3.38. The number of nitrogens with zero attached hydrogens (tertiary/aromatic N) is 1. The zero-order valence-electron chi connectivity index (χ0n) is 15.7. The molecule has 6 heteroatoms. The van der Waals surface area contributed by atoms with E-state index in [2.05, 4.69) is 10.6 Å². The summed E-state index contributed by atoms with van der Waals surface area (Å²) in [5.74, 6) is -0.593. The molecule has 2 fully saturated rings. The largest absolute Gasteiger partial charge is 0.371 e. The second-order valence-corrected chi connectivity index (χ2v) is 8.40. The number of hydrogen-bond donors (Lipinski definition) is 2. The van der Waals surface area contributed by atoms with E-state index in [1.807, 2.05) is 20.8 Å². The van der Waals surface area contributed by atoms with Crippen molar-refractivity contribution in [2.75, 3.05) is 11.9 Å². The molecule has 2 aliphatic rings. The molecule has 142 valence electrons. The predicted octanol–water partition coefficient (Wildman–Crippen LogP) is 2.92. The molecule has 1 saturated heterocycles. The van der Waals surface area contributed by atoms with Gasteiger partial charge in [0.15, 0.2) is 0 Å². The van der Waals surface area contributed by atoms with Crippen LogP contribution in [-0.2, 0) is 9.59 Å². The number of benzene rings is 1. The van der Waals surface area contributed by atoms with Crippen molar-refractivity contribution in [1.29, 1.82) is 0 Å². The number of amides is 2. The van der Waals surface area contributed by atoms with Gasteiger partial charge >= 0.3 is 0 Å². The maximum absolute atomic E-state index is 14.1. The van der Waals surface area contributed by atoms with E-state index >= 15 is 0 Å². The highest BCUT2D eigenvalue weighted by atomic mass is 19.1. The van der Waals surface area contributed by atoms with E-state index in [4.69, 9.17) is 0 Å². The van der Waals surface area contributed by atoms with Gasteiger partial charge in [0.05, 0.1) is 5.69 Å². The minimum Gasteiger partial charge on any atom is -0.371 e. The third-order valence-electron chi connectivity index (χ3n) is 5.05. The molecule has 0 aromatic heterocycles. The van der Waals surface area contributed by atoms with Crippen LogP contribution in [0.4, 0.5) is 10.1 Å². The zero-order valence-corrected chi connectivity index (χ0v) is 15.7. The average Bonchev–Trinajstić information content (AvgIpc) is 3.24. The molecule has 1 saturated carbocycles. The smallest absolute Gasteiger partial charge is 0.246 e. The summed E-state index contributed by atoms with van der Waals surface area (Å²) in [5.41, 5.74) is -0.126. The summed E-state index contributed by atoms with van der Waals surface area (Å²) in [5, 5.41) is 6.08. The van der Waals surface area contributed by atoms with Crippen LogP contribution in [0.2, 0.25) is 0 Å². The van der Waals surface area contributed by atoms with Crippen LogP contribution < -0.4 is 10.6 Å². The second kappa shape index (κ2) is 7.25. The molecule has 1 aromatic carbocycles. The Bertz CT molecular complexity index is 682. The number of anilines is 1. The molecule has 1 aliphatic carbocycles. The van der Waals surface area contributed by atoms with E-state index < -0.39 is 17.5 Å². The van der Waals surface area contributed by atoms with Gasteiger partial charge in [-0.05, 0) is 43.2 Å². The van der Waals surface area contributed by atoms with Crippen molar-refractivity contribution >= 4 is 17.5 Å². The molecule has 2 N–H and O–H groups in total. The molecule has 1 aromatic rings. The van der Waals surface area contributed by atoms with Crippen LogP contribution in [0, 0.1) is 11.2 Å². The summed E-state index contributed by atoms with van der Waals surface area (Å²) in [6.45, 7) is 6.39. The summed E-state index contributed by atoms with van der Waals surface area (Å²) in [4.78, 5) is 27.5. The fourth-order valence-corrected chi connectivity index (χ4v) is 3.38. The van der Waals surface area contributed by atoms with Crippen molar-refractivity contribution in [2.24, 2.45) is 5.41 Å². The summed E-state index contributed by atoms with van der Waals surface area (Å²) in [6, 6.07) is 5.58. The minimum atomic E-state index is -0.617. The number of nitrogens with one attached hydrogen (secondary N) is 2. The average molecular weight is 361 g/mol. The fraction of sp³-hybridized carbons (Fsp3) is 0.600. The third-order valence-corrected chi connectivity index (χ3v) is 5.05. The van der Waals surface area contributed by atoms with Crippen molar-refractivity contribution in [3.8, 4) is 0 Å². The second-order valence-electron chi connectivity index (χ2n) is 8.40. The molecule has 1 heterocycles. The highest BCUT2D eigenvalue weighted by Crippen LogP contribution is 2.29. The Labute approximate surface area is 154 Å². The number of halogens is 1. The van der Waals surface area contributed by atoms with E-state index in [9.17, 15) is 14.0 Å². The van der Waals surface area contributed by atoms with Crippen LogP contribution in [0.15, 0.2) is 24.3 Å². The van der Waals surface area contributed by atoms with Crippen LogP contribution >= 0.6 is 0 Å². The Hall–Kier alpha value is -2.11. The van der Waals surface area contributed by atoms with E-state index in [0.717, 1.165) is 19.3 Å². The lowest BCUT2D eigenvalue weighted by molar-refractivity contribution is -0.140. The molecule has 5 nitrogen and oxygen atoms in total. The standard InChI is InChI=1S/C20H28FN3O2/c1-20(2,3)17(23-15-8-5-4-7-14(15)21)19(26)24-12-6-9-16(24)18(25)22-13-10-11-13/h4-5,7-8,13,16-17,23H,6,9-12H2,1-3H3,(H,22,25)/t16-,17?/m0/s1. The van der Waals surface area contributed by atoms with E-state index in [1.165, 1.54) is 6.07 Å². The van der Waals surface area contributed by atoms with Gasteiger partial charge in [-0.2, -0.15) is 0 Å². The quantitative estimate of drug-likeness (QED) is 0.848. The summed E-state index contributed by atoms with van der Waals surface area (Å²) >= 11 is 0. The van der Waals surface area contributed by atoms with Crippen molar-refractivity contribution in [1.82, 2.24) is 10.2 Å². The lowest BCUT2D eigenvalue weighted by Crippen LogP contribution is -2.54. The maximum Gasteiger partial charge on any atom is 0.246 e. The van der Waals surface area contributed by atoms with Gasteiger partial charge in [-0.25, -0.2) is 4.39 Å². The van der Waals surface area contributed by atoms with Gasteiger partial charge in [-0.1, -0.05) is 32.9 Å². The monoisotopic (exact) mass is 361 g/mol. The first-order valence-electron chi connectivity index (χ1n) is 9.39. The molecule has 1 unspecified atom stereocenters. The molecule has 2 atom stereocenters. The Morgan fingerprint density at radius 1 is 1.19 bits per heavy atom.